The largest absolute Gasteiger partial charge is 0.417 e. The van der Waals surface area contributed by atoms with Gasteiger partial charge >= 0.3 is 0 Å². The van der Waals surface area contributed by atoms with E-state index in [0.717, 1.165) is 37.7 Å². The summed E-state index contributed by atoms with van der Waals surface area (Å²) >= 11 is 0. The van der Waals surface area contributed by atoms with Crippen molar-refractivity contribution in [1.29, 1.82) is 0 Å². The summed E-state index contributed by atoms with van der Waals surface area (Å²) < 4.78 is 5.96. The Bertz CT molecular complexity index is 1110. The highest BCUT2D eigenvalue weighted by Gasteiger charge is 2.32. The molecule has 3 aromatic rings. The molecule has 1 fully saturated rings. The molecule has 1 atom stereocenters. The Morgan fingerprint density at radius 1 is 1.18 bits per heavy atom. The van der Waals surface area contributed by atoms with E-state index in [9.17, 15) is 9.59 Å². The van der Waals surface area contributed by atoms with Crippen LogP contribution < -0.4 is 5.32 Å². The van der Waals surface area contributed by atoms with E-state index in [1.807, 2.05) is 38.2 Å². The zero-order valence-corrected chi connectivity index (χ0v) is 19.2. The summed E-state index contributed by atoms with van der Waals surface area (Å²) in [7, 11) is 1.99. The van der Waals surface area contributed by atoms with E-state index < -0.39 is 0 Å². The van der Waals surface area contributed by atoms with Crippen LogP contribution in [-0.4, -0.2) is 56.9 Å². The standard InChI is InChI=1S/C24H30N6O3/c1-3-18(31)9-5-4-6-10-19(27-22(32)17-14-30(2)15-17)23-28-29-24(33-23)20-12-11-16-8-7-13-25-21(16)26-20/h7-8,11-13,17,19H,3-6,9-10,14-15H2,1-2H3,(H,27,32)/t19-/m0/s1. The third-order valence-corrected chi connectivity index (χ3v) is 6.02. The van der Waals surface area contributed by atoms with Gasteiger partial charge in [0, 0.05) is 37.5 Å². The molecule has 1 saturated heterocycles. The molecule has 1 aliphatic heterocycles. The van der Waals surface area contributed by atoms with Gasteiger partial charge in [-0.05, 0) is 44.2 Å². The summed E-state index contributed by atoms with van der Waals surface area (Å²) in [4.78, 5) is 35.1. The highest BCUT2D eigenvalue weighted by Crippen LogP contribution is 2.25. The summed E-state index contributed by atoms with van der Waals surface area (Å²) in [5, 5.41) is 12.4. The van der Waals surface area contributed by atoms with Gasteiger partial charge in [-0.15, -0.1) is 10.2 Å². The molecular weight excluding hydrogens is 420 g/mol. The Kier molecular flexibility index (Phi) is 7.39. The van der Waals surface area contributed by atoms with Crippen molar-refractivity contribution in [3.8, 4) is 11.6 Å². The molecule has 33 heavy (non-hydrogen) atoms. The first-order chi connectivity index (χ1) is 16.0. The summed E-state index contributed by atoms with van der Waals surface area (Å²) in [6.45, 7) is 3.39. The minimum Gasteiger partial charge on any atom is -0.417 e. The number of nitrogens with zero attached hydrogens (tertiary/aromatic N) is 5. The first-order valence-corrected chi connectivity index (χ1v) is 11.6. The maximum absolute atomic E-state index is 12.7. The number of nitrogens with one attached hydrogen (secondary N) is 1. The van der Waals surface area contributed by atoms with Crippen molar-refractivity contribution in [3.63, 3.8) is 0 Å². The summed E-state index contributed by atoms with van der Waals surface area (Å²) in [6, 6.07) is 7.17. The highest BCUT2D eigenvalue weighted by molar-refractivity contribution is 5.80. The molecule has 0 saturated carbocycles. The number of unbranched alkanes of at least 4 members (excludes halogenated alkanes) is 2. The van der Waals surface area contributed by atoms with Crippen LogP contribution in [0.15, 0.2) is 34.9 Å². The molecule has 0 spiro atoms. The molecule has 0 bridgehead atoms. The van der Waals surface area contributed by atoms with Gasteiger partial charge in [-0.2, -0.15) is 0 Å². The maximum Gasteiger partial charge on any atom is 0.266 e. The minimum atomic E-state index is -0.370. The number of carbonyl (C=O) groups excluding carboxylic acids is 2. The molecule has 0 unspecified atom stereocenters. The smallest absolute Gasteiger partial charge is 0.266 e. The predicted molar refractivity (Wildman–Crippen MR) is 123 cm³/mol. The molecule has 0 aliphatic carbocycles. The zero-order chi connectivity index (χ0) is 23.2. The first-order valence-electron chi connectivity index (χ1n) is 11.6. The summed E-state index contributed by atoms with van der Waals surface area (Å²) in [5.41, 5.74) is 1.15. The van der Waals surface area contributed by atoms with Crippen molar-refractivity contribution >= 4 is 22.7 Å². The Balaban J connectivity index is 1.45. The van der Waals surface area contributed by atoms with Crippen LogP contribution in [0.5, 0.6) is 0 Å². The van der Waals surface area contributed by atoms with Gasteiger partial charge in [0.25, 0.3) is 5.89 Å². The molecule has 0 aromatic carbocycles. The van der Waals surface area contributed by atoms with E-state index in [1.54, 1.807) is 6.20 Å². The fourth-order valence-corrected chi connectivity index (χ4v) is 3.99. The van der Waals surface area contributed by atoms with E-state index in [1.165, 1.54) is 0 Å². The quantitative estimate of drug-likeness (QED) is 0.443. The lowest BCUT2D eigenvalue weighted by Crippen LogP contribution is -2.52. The van der Waals surface area contributed by atoms with E-state index in [-0.39, 0.29) is 23.7 Å². The molecule has 4 rings (SSSR count). The monoisotopic (exact) mass is 450 g/mol. The topological polar surface area (TPSA) is 114 Å². The number of hydrogen-bond donors (Lipinski definition) is 1. The van der Waals surface area contributed by atoms with Crippen LogP contribution in [0.25, 0.3) is 22.6 Å². The van der Waals surface area contributed by atoms with Gasteiger partial charge in [0.1, 0.15) is 17.5 Å². The Morgan fingerprint density at radius 2 is 2.03 bits per heavy atom. The number of Topliss-reactive ketones (excluding diaryl/α,β-unsaturated/α-hetero) is 1. The van der Waals surface area contributed by atoms with Crippen molar-refractivity contribution in [3.05, 3.63) is 36.4 Å². The Labute approximate surface area is 193 Å². The Morgan fingerprint density at radius 3 is 2.82 bits per heavy atom. The number of rotatable bonds is 11. The van der Waals surface area contributed by atoms with Crippen LogP contribution >= 0.6 is 0 Å². The number of fused-ring (bicyclic) bond motifs is 1. The second-order valence-corrected chi connectivity index (χ2v) is 8.66. The van der Waals surface area contributed by atoms with Gasteiger partial charge in [0.2, 0.25) is 11.8 Å². The van der Waals surface area contributed by atoms with E-state index >= 15 is 0 Å². The van der Waals surface area contributed by atoms with Crippen molar-refractivity contribution in [2.24, 2.45) is 5.92 Å². The molecule has 3 aromatic heterocycles. The van der Waals surface area contributed by atoms with Crippen molar-refractivity contribution in [2.75, 3.05) is 20.1 Å². The first kappa shape index (κ1) is 23.0. The second-order valence-electron chi connectivity index (χ2n) is 8.66. The van der Waals surface area contributed by atoms with Crippen molar-refractivity contribution in [2.45, 2.75) is 51.5 Å². The SMILES string of the molecule is CCC(=O)CCCCC[C@H](NC(=O)C1CN(C)C1)c1nnc(-c2ccc3cccnc3n2)o1. The van der Waals surface area contributed by atoms with Crippen molar-refractivity contribution in [1.82, 2.24) is 30.4 Å². The number of hydrogen-bond acceptors (Lipinski definition) is 8. The predicted octanol–water partition coefficient (Wildman–Crippen LogP) is 3.33. The fourth-order valence-electron chi connectivity index (χ4n) is 3.99. The number of aromatic nitrogens is 4. The third-order valence-electron chi connectivity index (χ3n) is 6.02. The average Bonchev–Trinajstić information content (AvgIpc) is 3.30. The number of likely N-dealkylation sites (tertiary alicyclic amines) is 1. The molecule has 9 nitrogen and oxygen atoms in total. The normalized spacial score (nSPS) is 15.3. The minimum absolute atomic E-state index is 0.00652. The molecular formula is C24H30N6O3. The molecule has 1 N–H and O–H groups in total. The van der Waals surface area contributed by atoms with E-state index in [2.05, 4.69) is 30.4 Å². The second kappa shape index (κ2) is 10.6. The van der Waals surface area contributed by atoms with Crippen LogP contribution in [-0.2, 0) is 9.59 Å². The average molecular weight is 451 g/mol. The maximum atomic E-state index is 12.7. The zero-order valence-electron chi connectivity index (χ0n) is 19.2. The van der Waals surface area contributed by atoms with Crippen LogP contribution in [0, 0.1) is 5.92 Å². The van der Waals surface area contributed by atoms with Gasteiger partial charge < -0.3 is 14.6 Å². The van der Waals surface area contributed by atoms with Gasteiger partial charge in [-0.1, -0.05) is 19.8 Å². The lowest BCUT2D eigenvalue weighted by Gasteiger charge is -2.35. The van der Waals surface area contributed by atoms with Crippen LogP contribution in [0.1, 0.15) is 57.4 Å². The van der Waals surface area contributed by atoms with Crippen LogP contribution in [0.2, 0.25) is 0 Å². The van der Waals surface area contributed by atoms with Gasteiger partial charge in [-0.25, -0.2) is 9.97 Å². The number of ketones is 1. The molecule has 9 heteroatoms. The third kappa shape index (κ3) is 5.78. The molecule has 4 heterocycles. The van der Waals surface area contributed by atoms with E-state index in [0.29, 0.717) is 42.4 Å². The highest BCUT2D eigenvalue weighted by atomic mass is 16.4. The molecule has 174 valence electrons. The van der Waals surface area contributed by atoms with Crippen LogP contribution in [0.4, 0.5) is 0 Å². The number of carbonyl (C=O) groups is 2. The van der Waals surface area contributed by atoms with Gasteiger partial charge in [-0.3, -0.25) is 9.59 Å². The molecule has 1 aliphatic rings. The van der Waals surface area contributed by atoms with Crippen LogP contribution in [0.3, 0.4) is 0 Å². The summed E-state index contributed by atoms with van der Waals surface area (Å²) in [5.74, 6) is 0.947. The fraction of sp³-hybridized carbons (Fsp3) is 0.500. The Hall–Kier alpha value is -3.20. The lowest BCUT2D eigenvalue weighted by molar-refractivity contribution is -0.130. The number of amides is 1. The van der Waals surface area contributed by atoms with Gasteiger partial charge in [0.15, 0.2) is 5.65 Å². The molecule has 1 amide bonds. The lowest BCUT2D eigenvalue weighted by atomic mass is 9.99. The van der Waals surface area contributed by atoms with Crippen molar-refractivity contribution < 1.29 is 14.0 Å². The van der Waals surface area contributed by atoms with E-state index in [4.69, 9.17) is 4.42 Å². The number of pyridine rings is 2. The summed E-state index contributed by atoms with van der Waals surface area (Å²) in [6.07, 6.45) is 6.15. The van der Waals surface area contributed by atoms with Gasteiger partial charge in [0.05, 0.1) is 5.92 Å². The molecule has 0 radical (unpaired) electrons.